The van der Waals surface area contributed by atoms with E-state index in [1.54, 1.807) is 6.07 Å². The Hall–Kier alpha value is -3.33. The highest BCUT2D eigenvalue weighted by Crippen LogP contribution is 2.24. The number of anilines is 2. The van der Waals surface area contributed by atoms with Gasteiger partial charge in [-0.2, -0.15) is 0 Å². The Bertz CT molecular complexity index is 928. The monoisotopic (exact) mass is 400 g/mol. The van der Waals surface area contributed by atoms with Gasteiger partial charge < -0.3 is 10.6 Å². The first-order valence-corrected chi connectivity index (χ1v) is 9.30. The first kappa shape index (κ1) is 20.4. The Morgan fingerprint density at radius 3 is 2.45 bits per heavy atom. The van der Waals surface area contributed by atoms with Crippen LogP contribution in [-0.2, 0) is 4.79 Å². The van der Waals surface area contributed by atoms with Crippen LogP contribution in [0.25, 0.3) is 0 Å². The second-order valence-corrected chi connectivity index (χ2v) is 6.81. The molecule has 9 heteroatoms. The zero-order valence-electron chi connectivity index (χ0n) is 15.7. The summed E-state index contributed by atoms with van der Waals surface area (Å²) in [6.45, 7) is 1.83. The van der Waals surface area contributed by atoms with Gasteiger partial charge in [0, 0.05) is 12.1 Å². The summed E-state index contributed by atoms with van der Waals surface area (Å²) in [7, 11) is 0. The number of hydrogen-bond donors (Lipinski definition) is 2. The van der Waals surface area contributed by atoms with Crippen molar-refractivity contribution in [3.8, 4) is 0 Å². The number of nitrogens with one attached hydrogen (secondary N) is 2. The van der Waals surface area contributed by atoms with Crippen LogP contribution in [0.1, 0.15) is 29.6 Å². The quantitative estimate of drug-likeness (QED) is 0.571. The number of rotatable bonds is 6. The molecule has 0 radical (unpaired) electrons. The van der Waals surface area contributed by atoms with Crippen molar-refractivity contribution in [1.82, 2.24) is 4.90 Å². The van der Waals surface area contributed by atoms with Crippen molar-refractivity contribution >= 4 is 28.9 Å². The number of piperidine rings is 1. The van der Waals surface area contributed by atoms with E-state index in [9.17, 15) is 24.1 Å². The van der Waals surface area contributed by atoms with E-state index >= 15 is 0 Å². The molecule has 2 amide bonds. The van der Waals surface area contributed by atoms with E-state index in [0.29, 0.717) is 0 Å². The molecular weight excluding hydrogens is 379 g/mol. The third kappa shape index (κ3) is 5.35. The van der Waals surface area contributed by atoms with Gasteiger partial charge in [-0.3, -0.25) is 24.6 Å². The molecule has 8 nitrogen and oxygen atoms in total. The zero-order chi connectivity index (χ0) is 20.8. The lowest BCUT2D eigenvalue weighted by Crippen LogP contribution is -2.37. The number of amides is 2. The molecule has 0 atom stereocenters. The van der Waals surface area contributed by atoms with Gasteiger partial charge in [-0.25, -0.2) is 4.39 Å². The van der Waals surface area contributed by atoms with Crippen LogP contribution in [0.5, 0.6) is 0 Å². The Kier molecular flexibility index (Phi) is 6.50. The molecule has 1 heterocycles. The molecule has 3 rings (SSSR count). The number of benzene rings is 2. The fraction of sp³-hybridized carbons (Fsp3) is 0.300. The third-order valence-electron chi connectivity index (χ3n) is 4.67. The van der Waals surface area contributed by atoms with Crippen molar-refractivity contribution < 1.29 is 18.9 Å². The summed E-state index contributed by atoms with van der Waals surface area (Å²) in [5.74, 6) is -1.71. The SMILES string of the molecule is O=C(CN1CCCCC1)Nc1ccc([N+](=O)[O-])cc1C(=O)Nc1ccccc1F. The third-order valence-corrected chi connectivity index (χ3v) is 4.67. The maximum absolute atomic E-state index is 13.8. The largest absolute Gasteiger partial charge is 0.324 e. The molecule has 0 spiro atoms. The zero-order valence-corrected chi connectivity index (χ0v) is 15.7. The van der Waals surface area contributed by atoms with Gasteiger partial charge in [-0.15, -0.1) is 0 Å². The van der Waals surface area contributed by atoms with E-state index in [-0.39, 0.29) is 35.1 Å². The van der Waals surface area contributed by atoms with Crippen molar-refractivity contribution in [3.05, 3.63) is 64.0 Å². The van der Waals surface area contributed by atoms with Crippen molar-refractivity contribution in [2.75, 3.05) is 30.3 Å². The van der Waals surface area contributed by atoms with E-state index in [1.807, 2.05) is 4.90 Å². The average Bonchev–Trinajstić information content (AvgIpc) is 2.70. The number of nitro benzene ring substituents is 1. The van der Waals surface area contributed by atoms with Gasteiger partial charge in [-0.05, 0) is 44.1 Å². The van der Waals surface area contributed by atoms with Crippen LogP contribution >= 0.6 is 0 Å². The molecule has 2 N–H and O–H groups in total. The van der Waals surface area contributed by atoms with E-state index in [1.165, 1.54) is 30.3 Å². The summed E-state index contributed by atoms with van der Waals surface area (Å²) in [6, 6.07) is 9.16. The molecule has 1 fully saturated rings. The lowest BCUT2D eigenvalue weighted by Gasteiger charge is -2.25. The predicted molar refractivity (Wildman–Crippen MR) is 106 cm³/mol. The standard InChI is InChI=1S/C20H21FN4O4/c21-16-6-2-3-7-18(16)23-20(27)15-12-14(25(28)29)8-9-17(15)22-19(26)13-24-10-4-1-5-11-24/h2-3,6-9,12H,1,4-5,10-11,13H2,(H,22,26)(H,23,27). The molecule has 0 aromatic heterocycles. The lowest BCUT2D eigenvalue weighted by atomic mass is 10.1. The molecule has 1 saturated heterocycles. The Morgan fingerprint density at radius 2 is 1.76 bits per heavy atom. The fourth-order valence-corrected chi connectivity index (χ4v) is 3.21. The van der Waals surface area contributed by atoms with Gasteiger partial charge >= 0.3 is 0 Å². The molecular formula is C20H21FN4O4. The minimum Gasteiger partial charge on any atom is -0.324 e. The summed E-state index contributed by atoms with van der Waals surface area (Å²) < 4.78 is 13.8. The molecule has 1 aliphatic heterocycles. The molecule has 29 heavy (non-hydrogen) atoms. The van der Waals surface area contributed by atoms with Crippen LogP contribution in [-0.4, -0.2) is 41.3 Å². The lowest BCUT2D eigenvalue weighted by molar-refractivity contribution is -0.384. The highest BCUT2D eigenvalue weighted by atomic mass is 19.1. The average molecular weight is 400 g/mol. The van der Waals surface area contributed by atoms with Gasteiger partial charge in [0.05, 0.1) is 28.4 Å². The van der Waals surface area contributed by atoms with Crippen molar-refractivity contribution in [2.24, 2.45) is 0 Å². The number of carbonyl (C=O) groups excluding carboxylic acids is 2. The topological polar surface area (TPSA) is 105 Å². The summed E-state index contributed by atoms with van der Waals surface area (Å²) in [4.78, 5) is 37.6. The molecule has 2 aromatic rings. The van der Waals surface area contributed by atoms with Gasteiger partial charge in [0.25, 0.3) is 11.6 Å². The maximum atomic E-state index is 13.8. The van der Waals surface area contributed by atoms with Crippen LogP contribution in [0.3, 0.4) is 0 Å². The second-order valence-electron chi connectivity index (χ2n) is 6.81. The predicted octanol–water partition coefficient (Wildman–Crippen LogP) is 3.41. The number of nitrogens with zero attached hydrogens (tertiary/aromatic N) is 2. The van der Waals surface area contributed by atoms with Crippen molar-refractivity contribution in [3.63, 3.8) is 0 Å². The van der Waals surface area contributed by atoms with Gasteiger partial charge in [0.1, 0.15) is 5.82 Å². The highest BCUT2D eigenvalue weighted by molar-refractivity contribution is 6.10. The van der Waals surface area contributed by atoms with Crippen LogP contribution in [0.2, 0.25) is 0 Å². The molecule has 152 valence electrons. The van der Waals surface area contributed by atoms with Gasteiger partial charge in [0.2, 0.25) is 5.91 Å². The number of hydrogen-bond acceptors (Lipinski definition) is 5. The summed E-state index contributed by atoms with van der Waals surface area (Å²) in [5, 5.41) is 16.1. The second kappa shape index (κ2) is 9.24. The number of halogens is 1. The molecule has 1 aliphatic rings. The van der Waals surface area contributed by atoms with Crippen LogP contribution < -0.4 is 10.6 Å². The number of para-hydroxylation sites is 1. The minimum atomic E-state index is -0.757. The van der Waals surface area contributed by atoms with Crippen LogP contribution in [0.15, 0.2) is 42.5 Å². The van der Waals surface area contributed by atoms with Gasteiger partial charge in [-0.1, -0.05) is 18.6 Å². The molecule has 0 saturated carbocycles. The smallest absolute Gasteiger partial charge is 0.270 e. The number of carbonyl (C=O) groups is 2. The Labute approximate surface area is 166 Å². The maximum Gasteiger partial charge on any atom is 0.270 e. The molecule has 0 aliphatic carbocycles. The first-order valence-electron chi connectivity index (χ1n) is 9.30. The normalized spacial score (nSPS) is 14.2. The molecule has 0 unspecified atom stereocenters. The Balaban J connectivity index is 1.80. The first-order chi connectivity index (χ1) is 13.9. The van der Waals surface area contributed by atoms with Crippen molar-refractivity contribution in [1.29, 1.82) is 0 Å². The number of likely N-dealkylation sites (tertiary alicyclic amines) is 1. The van der Waals surface area contributed by atoms with E-state index in [2.05, 4.69) is 10.6 Å². The van der Waals surface area contributed by atoms with Gasteiger partial charge in [0.15, 0.2) is 0 Å². The van der Waals surface area contributed by atoms with Crippen LogP contribution in [0.4, 0.5) is 21.5 Å². The van der Waals surface area contributed by atoms with E-state index in [4.69, 9.17) is 0 Å². The summed E-state index contributed by atoms with van der Waals surface area (Å²) in [5.41, 5.74) is -0.354. The Morgan fingerprint density at radius 1 is 1.03 bits per heavy atom. The van der Waals surface area contributed by atoms with E-state index in [0.717, 1.165) is 38.4 Å². The number of nitro groups is 1. The van der Waals surface area contributed by atoms with Crippen molar-refractivity contribution in [2.45, 2.75) is 19.3 Å². The van der Waals surface area contributed by atoms with E-state index < -0.39 is 16.6 Å². The fourth-order valence-electron chi connectivity index (χ4n) is 3.21. The minimum absolute atomic E-state index is 0.0606. The number of non-ortho nitro benzene ring substituents is 1. The summed E-state index contributed by atoms with van der Waals surface area (Å²) >= 11 is 0. The highest BCUT2D eigenvalue weighted by Gasteiger charge is 2.20. The molecule has 2 aromatic carbocycles. The van der Waals surface area contributed by atoms with Crippen LogP contribution in [0, 0.1) is 15.9 Å². The molecule has 0 bridgehead atoms. The summed E-state index contributed by atoms with van der Waals surface area (Å²) in [6.07, 6.45) is 3.20.